The van der Waals surface area contributed by atoms with Crippen LogP contribution < -0.4 is 0 Å². The first-order valence-corrected chi connectivity index (χ1v) is 23.3. The Hall–Kier alpha value is -10.1. The van der Waals surface area contributed by atoms with Gasteiger partial charge < -0.3 is 4.57 Å². The van der Waals surface area contributed by atoms with Crippen molar-refractivity contribution in [1.82, 2.24) is 24.5 Å². The van der Waals surface area contributed by atoms with Crippen molar-refractivity contribution in [2.75, 3.05) is 0 Å². The molecule has 12 aromatic rings. The molecule has 71 heavy (non-hydrogen) atoms. The maximum atomic E-state index is 9.59. The number of hydrogen-bond donors (Lipinski definition) is 0. The molecule has 0 aliphatic heterocycles. The van der Waals surface area contributed by atoms with Crippen molar-refractivity contribution in [3.63, 3.8) is 0 Å². The zero-order valence-corrected chi connectivity index (χ0v) is 38.1. The second-order valence-corrected chi connectivity index (χ2v) is 17.3. The Morgan fingerprint density at radius 2 is 0.662 bits per heavy atom. The summed E-state index contributed by atoms with van der Waals surface area (Å²) >= 11 is 0. The fourth-order valence-corrected chi connectivity index (χ4v) is 9.34. The molecule has 3 aromatic heterocycles. The minimum absolute atomic E-state index is 0.611. The predicted octanol–water partition coefficient (Wildman–Crippen LogP) is 15.4. The van der Waals surface area contributed by atoms with Gasteiger partial charge in [0.2, 0.25) is 0 Å². The van der Waals surface area contributed by atoms with Crippen molar-refractivity contribution in [2.24, 2.45) is 0 Å². The third kappa shape index (κ3) is 8.16. The Bertz CT molecular complexity index is 3790. The summed E-state index contributed by atoms with van der Waals surface area (Å²) in [6.45, 7) is 0. The summed E-state index contributed by atoms with van der Waals surface area (Å²) < 4.78 is 2.34. The van der Waals surface area contributed by atoms with Crippen LogP contribution in [0.2, 0.25) is 0 Å². The van der Waals surface area contributed by atoms with Gasteiger partial charge in [0, 0.05) is 44.2 Å². The summed E-state index contributed by atoms with van der Waals surface area (Å²) in [5.41, 5.74) is 16.9. The Balaban J connectivity index is 1.14. The van der Waals surface area contributed by atoms with E-state index in [0.29, 0.717) is 22.8 Å². The van der Waals surface area contributed by atoms with Gasteiger partial charge >= 0.3 is 0 Å². The van der Waals surface area contributed by atoms with Crippen LogP contribution in [0.5, 0.6) is 0 Å². The second-order valence-electron chi connectivity index (χ2n) is 17.3. The van der Waals surface area contributed by atoms with E-state index < -0.39 is 0 Å². The highest BCUT2D eigenvalue weighted by Crippen LogP contribution is 2.42. The molecule has 0 saturated carbocycles. The third-order valence-electron chi connectivity index (χ3n) is 12.9. The zero-order valence-electron chi connectivity index (χ0n) is 38.1. The smallest absolute Gasteiger partial charge is 0.160 e. The lowest BCUT2D eigenvalue weighted by Gasteiger charge is -2.17. The normalized spacial score (nSPS) is 11.1. The van der Waals surface area contributed by atoms with E-state index in [-0.39, 0.29) is 0 Å². The SMILES string of the molecule is N#Cc1ccc(-c2ccc3c(c2)c2cc(-c4ccc(C#N)cc4)ccc2n3-c2ccc(-c3cc(-c4ccccc4)nc(-c4ccccc4)n3)cc2-c2cc(-c3ccccc3)nc(-c3ccccc3)n2)cc1. The van der Waals surface area contributed by atoms with Crippen LogP contribution in [-0.2, 0) is 0 Å². The van der Waals surface area contributed by atoms with E-state index in [4.69, 9.17) is 19.9 Å². The fourth-order valence-electron chi connectivity index (χ4n) is 9.34. The lowest BCUT2D eigenvalue weighted by molar-refractivity contribution is 1.15. The van der Waals surface area contributed by atoms with Crippen LogP contribution in [0.25, 0.3) is 118 Å². The number of rotatable bonds is 9. The quantitative estimate of drug-likeness (QED) is 0.143. The molecule has 0 fully saturated rings. The highest BCUT2D eigenvalue weighted by atomic mass is 15.0. The molecule has 9 aromatic carbocycles. The van der Waals surface area contributed by atoms with Gasteiger partial charge in [-0.25, -0.2) is 19.9 Å². The van der Waals surface area contributed by atoms with E-state index >= 15 is 0 Å². The molecule has 0 saturated heterocycles. The number of nitrogens with zero attached hydrogens (tertiary/aromatic N) is 7. The predicted molar refractivity (Wildman–Crippen MR) is 285 cm³/mol. The van der Waals surface area contributed by atoms with Crippen LogP contribution in [0.1, 0.15) is 11.1 Å². The molecule has 330 valence electrons. The standard InChI is InChI=1S/C64H39N7/c65-40-42-21-25-44(26-22-42)50-29-32-60-53(35-50)54-36-51(45-27-23-43(41-66)24-28-45)30-33-61(54)71(60)62-34-31-52(58-38-56(46-13-5-1-6-14-46)67-63(69-58)48-17-9-3-10-18-48)37-55(62)59-39-57(47-15-7-2-8-16-47)68-64(70-59)49-19-11-4-12-20-49/h1-39H. The van der Waals surface area contributed by atoms with Crippen LogP contribution in [-0.4, -0.2) is 24.5 Å². The van der Waals surface area contributed by atoms with Gasteiger partial charge in [-0.15, -0.1) is 0 Å². The summed E-state index contributed by atoms with van der Waals surface area (Å²) in [5, 5.41) is 21.3. The van der Waals surface area contributed by atoms with Crippen LogP contribution in [0.3, 0.4) is 0 Å². The molecule has 3 heterocycles. The molecule has 0 spiro atoms. The first kappa shape index (κ1) is 42.3. The summed E-state index contributed by atoms with van der Waals surface area (Å²) in [4.78, 5) is 21.0. The van der Waals surface area contributed by atoms with Crippen molar-refractivity contribution in [2.45, 2.75) is 0 Å². The second kappa shape index (κ2) is 18.2. The molecule has 0 aliphatic rings. The Kier molecular flexibility index (Phi) is 10.8. The highest BCUT2D eigenvalue weighted by molar-refractivity contribution is 6.12. The molecule has 0 radical (unpaired) electrons. The lowest BCUT2D eigenvalue weighted by Crippen LogP contribution is -2.02. The molecular formula is C64H39N7. The average Bonchev–Trinajstić information content (AvgIpc) is 3.78. The van der Waals surface area contributed by atoms with E-state index in [9.17, 15) is 10.5 Å². The molecule has 0 bridgehead atoms. The van der Waals surface area contributed by atoms with Crippen molar-refractivity contribution >= 4 is 21.8 Å². The van der Waals surface area contributed by atoms with Crippen LogP contribution in [0.15, 0.2) is 237 Å². The van der Waals surface area contributed by atoms with Gasteiger partial charge in [0.15, 0.2) is 11.6 Å². The van der Waals surface area contributed by atoms with Gasteiger partial charge in [-0.1, -0.05) is 164 Å². The van der Waals surface area contributed by atoms with Gasteiger partial charge in [-0.2, -0.15) is 10.5 Å². The molecule has 0 unspecified atom stereocenters. The zero-order chi connectivity index (χ0) is 47.7. The van der Waals surface area contributed by atoms with Gasteiger partial charge in [0.25, 0.3) is 0 Å². The summed E-state index contributed by atoms with van der Waals surface area (Å²) in [5.74, 6) is 1.24. The summed E-state index contributed by atoms with van der Waals surface area (Å²) in [7, 11) is 0. The van der Waals surface area contributed by atoms with Crippen LogP contribution in [0, 0.1) is 22.7 Å². The van der Waals surface area contributed by atoms with Crippen molar-refractivity contribution in [1.29, 1.82) is 10.5 Å². The first-order valence-electron chi connectivity index (χ1n) is 23.3. The van der Waals surface area contributed by atoms with Gasteiger partial charge in [0.1, 0.15) is 0 Å². The average molecular weight is 906 g/mol. The van der Waals surface area contributed by atoms with Crippen LogP contribution in [0.4, 0.5) is 0 Å². The maximum absolute atomic E-state index is 9.59. The van der Waals surface area contributed by atoms with Gasteiger partial charge in [-0.05, 0) is 95.1 Å². The number of aromatic nitrogens is 5. The topological polar surface area (TPSA) is 104 Å². The Morgan fingerprint density at radius 3 is 1.10 bits per heavy atom. The van der Waals surface area contributed by atoms with E-state index in [2.05, 4.69) is 108 Å². The molecule has 12 rings (SSSR count). The first-order chi connectivity index (χ1) is 35.1. The van der Waals surface area contributed by atoms with Gasteiger partial charge in [-0.3, -0.25) is 0 Å². The molecule has 0 atom stereocenters. The minimum atomic E-state index is 0.611. The Morgan fingerprint density at radius 1 is 0.296 bits per heavy atom. The largest absolute Gasteiger partial charge is 0.309 e. The molecule has 7 heteroatoms. The summed E-state index contributed by atoms with van der Waals surface area (Å²) in [6.07, 6.45) is 0. The maximum Gasteiger partial charge on any atom is 0.160 e. The number of nitriles is 2. The van der Waals surface area contributed by atoms with E-state index in [1.807, 2.05) is 146 Å². The minimum Gasteiger partial charge on any atom is -0.309 e. The molecule has 0 aliphatic carbocycles. The number of benzene rings is 9. The lowest BCUT2D eigenvalue weighted by atomic mass is 9.99. The van der Waals surface area contributed by atoms with E-state index in [1.165, 1.54) is 0 Å². The van der Waals surface area contributed by atoms with Crippen LogP contribution >= 0.6 is 0 Å². The van der Waals surface area contributed by atoms with Crippen molar-refractivity contribution in [3.8, 4) is 108 Å². The summed E-state index contributed by atoms with van der Waals surface area (Å²) in [6, 6.07) is 84.5. The van der Waals surface area contributed by atoms with E-state index in [1.54, 1.807) is 0 Å². The fraction of sp³-hybridized carbons (Fsp3) is 0. The number of fused-ring (bicyclic) bond motifs is 3. The Labute approximate surface area is 410 Å². The van der Waals surface area contributed by atoms with E-state index in [0.717, 1.165) is 106 Å². The molecule has 0 amide bonds. The molecular weight excluding hydrogens is 867 g/mol. The number of hydrogen-bond acceptors (Lipinski definition) is 6. The van der Waals surface area contributed by atoms with Gasteiger partial charge in [0.05, 0.1) is 62.8 Å². The van der Waals surface area contributed by atoms with Crippen molar-refractivity contribution in [3.05, 3.63) is 248 Å². The monoisotopic (exact) mass is 905 g/mol. The molecule has 0 N–H and O–H groups in total. The molecule has 7 nitrogen and oxygen atoms in total. The van der Waals surface area contributed by atoms with Crippen molar-refractivity contribution < 1.29 is 0 Å². The highest BCUT2D eigenvalue weighted by Gasteiger charge is 2.22. The third-order valence-corrected chi connectivity index (χ3v) is 12.9.